The molecule has 1 saturated carbocycles. The molecule has 1 heterocycles. The van der Waals surface area contributed by atoms with Gasteiger partial charge in [-0.3, -0.25) is 0 Å². The van der Waals surface area contributed by atoms with Crippen LogP contribution in [0.5, 0.6) is 0 Å². The van der Waals surface area contributed by atoms with E-state index >= 15 is 0 Å². The summed E-state index contributed by atoms with van der Waals surface area (Å²) in [7, 11) is 0. The molecular weight excluding hydrogens is 184 g/mol. The van der Waals surface area contributed by atoms with Gasteiger partial charge in [-0.25, -0.2) is 0 Å². The largest absolute Gasteiger partial charge is 0.317 e. The van der Waals surface area contributed by atoms with E-state index in [0.29, 0.717) is 5.41 Å². The van der Waals surface area contributed by atoms with E-state index in [1.807, 2.05) is 0 Å². The minimum Gasteiger partial charge on any atom is -0.317 e. The molecule has 0 aromatic heterocycles. The van der Waals surface area contributed by atoms with Crippen molar-refractivity contribution in [2.75, 3.05) is 26.2 Å². The van der Waals surface area contributed by atoms with Crippen LogP contribution in [0.3, 0.4) is 0 Å². The molecule has 1 N–H and O–H groups in total. The molecule has 2 fully saturated rings. The molecule has 2 heteroatoms. The van der Waals surface area contributed by atoms with E-state index in [1.165, 1.54) is 58.3 Å². The monoisotopic (exact) mass is 210 g/mol. The SMILES string of the molecule is CCN(CC1(CC)CCNCC1)C1CC1. The summed E-state index contributed by atoms with van der Waals surface area (Å²) < 4.78 is 0. The first-order valence-corrected chi connectivity index (χ1v) is 6.74. The maximum absolute atomic E-state index is 3.49. The number of nitrogens with one attached hydrogen (secondary N) is 1. The molecule has 0 bridgehead atoms. The Morgan fingerprint density at radius 2 is 1.87 bits per heavy atom. The van der Waals surface area contributed by atoms with Crippen molar-refractivity contribution in [1.82, 2.24) is 10.2 Å². The lowest BCUT2D eigenvalue weighted by molar-refractivity contribution is 0.105. The van der Waals surface area contributed by atoms with Gasteiger partial charge in [-0.1, -0.05) is 13.8 Å². The highest BCUT2D eigenvalue weighted by molar-refractivity contribution is 4.91. The predicted molar refractivity (Wildman–Crippen MR) is 65.1 cm³/mol. The molecule has 0 amide bonds. The van der Waals surface area contributed by atoms with E-state index in [2.05, 4.69) is 24.1 Å². The highest BCUT2D eigenvalue weighted by Crippen LogP contribution is 2.37. The normalized spacial score (nSPS) is 25.8. The number of piperidine rings is 1. The molecule has 88 valence electrons. The summed E-state index contributed by atoms with van der Waals surface area (Å²) in [4.78, 5) is 2.73. The maximum Gasteiger partial charge on any atom is 0.00965 e. The number of hydrogen-bond donors (Lipinski definition) is 1. The molecule has 0 radical (unpaired) electrons. The number of hydrogen-bond acceptors (Lipinski definition) is 2. The van der Waals surface area contributed by atoms with Crippen molar-refractivity contribution in [2.45, 2.75) is 52.0 Å². The van der Waals surface area contributed by atoms with Crippen molar-refractivity contribution in [2.24, 2.45) is 5.41 Å². The Bertz CT molecular complexity index is 193. The first kappa shape index (κ1) is 11.4. The highest BCUT2D eigenvalue weighted by Gasteiger charge is 2.36. The third kappa shape index (κ3) is 2.73. The Kier molecular flexibility index (Phi) is 3.68. The maximum atomic E-state index is 3.49. The van der Waals surface area contributed by atoms with Gasteiger partial charge in [0.25, 0.3) is 0 Å². The van der Waals surface area contributed by atoms with E-state index in [9.17, 15) is 0 Å². The molecule has 1 aliphatic carbocycles. The average molecular weight is 210 g/mol. The van der Waals surface area contributed by atoms with Crippen molar-refractivity contribution in [3.8, 4) is 0 Å². The topological polar surface area (TPSA) is 15.3 Å². The van der Waals surface area contributed by atoms with Crippen molar-refractivity contribution in [1.29, 1.82) is 0 Å². The number of nitrogens with zero attached hydrogens (tertiary/aromatic N) is 1. The fourth-order valence-electron chi connectivity index (χ4n) is 2.95. The Labute approximate surface area is 94.4 Å². The number of rotatable bonds is 5. The van der Waals surface area contributed by atoms with Crippen LogP contribution in [0.2, 0.25) is 0 Å². The molecule has 1 saturated heterocycles. The Hall–Kier alpha value is -0.0800. The fourth-order valence-corrected chi connectivity index (χ4v) is 2.95. The molecule has 0 unspecified atom stereocenters. The van der Waals surface area contributed by atoms with Crippen LogP contribution >= 0.6 is 0 Å². The average Bonchev–Trinajstić information content (AvgIpc) is 3.11. The lowest BCUT2D eigenvalue weighted by Gasteiger charge is -2.41. The van der Waals surface area contributed by atoms with Gasteiger partial charge in [0.2, 0.25) is 0 Å². The third-order valence-electron chi connectivity index (χ3n) is 4.42. The van der Waals surface area contributed by atoms with Crippen LogP contribution in [-0.2, 0) is 0 Å². The second kappa shape index (κ2) is 4.84. The van der Waals surface area contributed by atoms with E-state index < -0.39 is 0 Å². The minimum atomic E-state index is 0.629. The predicted octanol–water partition coefficient (Wildman–Crippen LogP) is 2.25. The van der Waals surface area contributed by atoms with Crippen molar-refractivity contribution >= 4 is 0 Å². The first-order valence-electron chi connectivity index (χ1n) is 6.74. The Morgan fingerprint density at radius 3 is 2.33 bits per heavy atom. The van der Waals surface area contributed by atoms with E-state index in [1.54, 1.807) is 0 Å². The van der Waals surface area contributed by atoms with Gasteiger partial charge in [0.05, 0.1) is 0 Å². The van der Waals surface area contributed by atoms with Crippen LogP contribution in [0.15, 0.2) is 0 Å². The zero-order valence-electron chi connectivity index (χ0n) is 10.4. The highest BCUT2D eigenvalue weighted by atomic mass is 15.2. The van der Waals surface area contributed by atoms with Crippen molar-refractivity contribution in [3.63, 3.8) is 0 Å². The van der Waals surface area contributed by atoms with E-state index in [-0.39, 0.29) is 0 Å². The summed E-state index contributed by atoms with van der Waals surface area (Å²) in [5.74, 6) is 0. The van der Waals surface area contributed by atoms with Crippen LogP contribution in [0.25, 0.3) is 0 Å². The quantitative estimate of drug-likeness (QED) is 0.749. The van der Waals surface area contributed by atoms with Gasteiger partial charge < -0.3 is 10.2 Å². The van der Waals surface area contributed by atoms with Gasteiger partial charge in [0, 0.05) is 12.6 Å². The molecular formula is C13H26N2. The zero-order chi connectivity index (χ0) is 10.7. The summed E-state index contributed by atoms with van der Waals surface area (Å²) in [5.41, 5.74) is 0.629. The molecule has 2 rings (SSSR count). The second-order valence-corrected chi connectivity index (χ2v) is 5.40. The van der Waals surface area contributed by atoms with Crippen LogP contribution < -0.4 is 5.32 Å². The molecule has 0 aromatic carbocycles. The van der Waals surface area contributed by atoms with Crippen LogP contribution in [0.4, 0.5) is 0 Å². The summed E-state index contributed by atoms with van der Waals surface area (Å²) in [6.45, 7) is 9.77. The van der Waals surface area contributed by atoms with Crippen molar-refractivity contribution in [3.05, 3.63) is 0 Å². The van der Waals surface area contributed by atoms with E-state index in [0.717, 1.165) is 6.04 Å². The summed E-state index contributed by atoms with van der Waals surface area (Å²) in [6, 6.07) is 0.938. The molecule has 2 aliphatic rings. The molecule has 1 aliphatic heterocycles. The first-order chi connectivity index (χ1) is 7.29. The Morgan fingerprint density at radius 1 is 1.20 bits per heavy atom. The third-order valence-corrected chi connectivity index (χ3v) is 4.42. The van der Waals surface area contributed by atoms with Gasteiger partial charge in [-0.05, 0) is 57.2 Å². The molecule has 0 spiro atoms. The molecule has 2 nitrogen and oxygen atoms in total. The Balaban J connectivity index is 1.92. The summed E-state index contributed by atoms with van der Waals surface area (Å²) >= 11 is 0. The van der Waals surface area contributed by atoms with Gasteiger partial charge in [-0.15, -0.1) is 0 Å². The minimum absolute atomic E-state index is 0.629. The molecule has 0 atom stereocenters. The smallest absolute Gasteiger partial charge is 0.00965 e. The van der Waals surface area contributed by atoms with Gasteiger partial charge >= 0.3 is 0 Å². The molecule has 15 heavy (non-hydrogen) atoms. The summed E-state index contributed by atoms with van der Waals surface area (Å²) in [6.07, 6.45) is 7.02. The zero-order valence-corrected chi connectivity index (χ0v) is 10.4. The van der Waals surface area contributed by atoms with Crippen LogP contribution in [-0.4, -0.2) is 37.1 Å². The standard InChI is InChI=1S/C13H26N2/c1-3-13(7-9-14-10-8-13)11-15(4-2)12-5-6-12/h12,14H,3-11H2,1-2H3. The fraction of sp³-hybridized carbons (Fsp3) is 1.00. The lowest BCUT2D eigenvalue weighted by atomic mass is 9.76. The van der Waals surface area contributed by atoms with Crippen LogP contribution in [0.1, 0.15) is 46.0 Å². The molecule has 0 aromatic rings. The van der Waals surface area contributed by atoms with Gasteiger partial charge in [0.1, 0.15) is 0 Å². The van der Waals surface area contributed by atoms with Gasteiger partial charge in [0.15, 0.2) is 0 Å². The second-order valence-electron chi connectivity index (χ2n) is 5.40. The lowest BCUT2D eigenvalue weighted by Crippen LogP contribution is -2.45. The summed E-state index contributed by atoms with van der Waals surface area (Å²) in [5, 5.41) is 3.49. The van der Waals surface area contributed by atoms with Crippen molar-refractivity contribution < 1.29 is 0 Å². The van der Waals surface area contributed by atoms with Gasteiger partial charge in [-0.2, -0.15) is 0 Å². The van der Waals surface area contributed by atoms with E-state index in [4.69, 9.17) is 0 Å². The van der Waals surface area contributed by atoms with Crippen LogP contribution in [0, 0.1) is 5.41 Å².